The minimum Gasteiger partial charge on any atom is -0.296 e. The Kier molecular flexibility index (Phi) is 3.48. The fraction of sp³-hybridized carbons (Fsp3) is 0.357. The van der Waals surface area contributed by atoms with Gasteiger partial charge in [-0.1, -0.05) is 0 Å². The van der Waals surface area contributed by atoms with Gasteiger partial charge in [0, 0.05) is 4.88 Å². The van der Waals surface area contributed by atoms with Gasteiger partial charge in [0.25, 0.3) is 5.91 Å². The molecule has 2 aromatic heterocycles. The van der Waals surface area contributed by atoms with Crippen LogP contribution in [0.15, 0.2) is 12.3 Å². The molecule has 0 aliphatic heterocycles. The van der Waals surface area contributed by atoms with Crippen LogP contribution in [0.3, 0.4) is 0 Å². The van der Waals surface area contributed by atoms with Crippen molar-refractivity contribution >= 4 is 22.4 Å². The van der Waals surface area contributed by atoms with Gasteiger partial charge in [-0.3, -0.25) is 10.1 Å². The minimum atomic E-state index is -0.441. The Morgan fingerprint density at radius 1 is 1.40 bits per heavy atom. The molecule has 6 heteroatoms. The summed E-state index contributed by atoms with van der Waals surface area (Å²) in [5.74, 6) is -0.780. The zero-order chi connectivity index (χ0) is 14.1. The lowest BCUT2D eigenvalue weighted by Gasteiger charge is -2.06. The molecule has 1 amide bonds. The number of pyridine rings is 1. The number of rotatable bonds is 2. The van der Waals surface area contributed by atoms with Crippen molar-refractivity contribution in [2.75, 3.05) is 5.32 Å². The smallest absolute Gasteiger partial charge is 0.276 e. The van der Waals surface area contributed by atoms with Crippen LogP contribution in [0, 0.1) is 12.7 Å². The molecule has 0 bridgehead atoms. The molecule has 2 aromatic rings. The highest BCUT2D eigenvalue weighted by molar-refractivity contribution is 7.15. The number of anilines is 1. The Hall–Kier alpha value is -1.82. The second-order valence-electron chi connectivity index (χ2n) is 4.87. The second kappa shape index (κ2) is 5.28. The predicted octanol–water partition coefficient (Wildman–Crippen LogP) is 3.12. The van der Waals surface area contributed by atoms with E-state index >= 15 is 0 Å². The molecule has 3 rings (SSSR count). The van der Waals surface area contributed by atoms with Crippen LogP contribution in [0.1, 0.15) is 39.5 Å². The molecule has 4 nitrogen and oxygen atoms in total. The number of thiazole rings is 1. The molecule has 20 heavy (non-hydrogen) atoms. The van der Waals surface area contributed by atoms with Crippen LogP contribution in [0.2, 0.25) is 0 Å². The van der Waals surface area contributed by atoms with Crippen molar-refractivity contribution in [3.8, 4) is 0 Å². The van der Waals surface area contributed by atoms with Crippen LogP contribution in [0.4, 0.5) is 9.52 Å². The van der Waals surface area contributed by atoms with Crippen molar-refractivity contribution in [1.82, 2.24) is 9.97 Å². The van der Waals surface area contributed by atoms with E-state index < -0.39 is 5.82 Å². The van der Waals surface area contributed by atoms with E-state index in [0.29, 0.717) is 10.7 Å². The van der Waals surface area contributed by atoms with Gasteiger partial charge >= 0.3 is 0 Å². The Morgan fingerprint density at radius 2 is 2.20 bits per heavy atom. The first kappa shape index (κ1) is 13.2. The van der Waals surface area contributed by atoms with Crippen LogP contribution in [-0.2, 0) is 12.8 Å². The molecule has 1 aliphatic carbocycles. The van der Waals surface area contributed by atoms with Crippen LogP contribution in [0.25, 0.3) is 0 Å². The van der Waals surface area contributed by atoms with Gasteiger partial charge in [-0.25, -0.2) is 14.4 Å². The molecule has 0 radical (unpaired) electrons. The van der Waals surface area contributed by atoms with E-state index in [1.54, 1.807) is 6.92 Å². The molecule has 1 aliphatic rings. The van der Waals surface area contributed by atoms with Crippen molar-refractivity contribution in [2.24, 2.45) is 0 Å². The number of hydrogen-bond donors (Lipinski definition) is 1. The molecule has 0 fully saturated rings. The number of halogens is 1. The highest BCUT2D eigenvalue weighted by Crippen LogP contribution is 2.29. The van der Waals surface area contributed by atoms with Gasteiger partial charge in [0.1, 0.15) is 11.5 Å². The quantitative estimate of drug-likeness (QED) is 0.925. The maximum atomic E-state index is 13.0. The van der Waals surface area contributed by atoms with Crippen LogP contribution in [0.5, 0.6) is 0 Å². The average Bonchev–Trinajstić information content (AvgIpc) is 2.80. The fourth-order valence-corrected chi connectivity index (χ4v) is 3.38. The SMILES string of the molecule is Cc1cc(F)cnc1C(=O)Nc1nc2c(s1)CCCC2. The lowest BCUT2D eigenvalue weighted by molar-refractivity contribution is 0.102. The van der Waals surface area contributed by atoms with Gasteiger partial charge in [0.2, 0.25) is 0 Å². The zero-order valence-corrected chi connectivity index (χ0v) is 11.9. The molecule has 0 spiro atoms. The minimum absolute atomic E-state index is 0.236. The maximum Gasteiger partial charge on any atom is 0.276 e. The van der Waals surface area contributed by atoms with E-state index in [1.807, 2.05) is 0 Å². The normalized spacial score (nSPS) is 13.9. The summed E-state index contributed by atoms with van der Waals surface area (Å²) in [7, 11) is 0. The number of aromatic nitrogens is 2. The van der Waals surface area contributed by atoms with Crippen molar-refractivity contribution < 1.29 is 9.18 Å². The summed E-state index contributed by atoms with van der Waals surface area (Å²) < 4.78 is 13.0. The first-order chi connectivity index (χ1) is 9.63. The highest BCUT2D eigenvalue weighted by atomic mass is 32.1. The summed E-state index contributed by atoms with van der Waals surface area (Å²) in [6.45, 7) is 1.66. The number of amides is 1. The van der Waals surface area contributed by atoms with Gasteiger partial charge < -0.3 is 0 Å². The number of aryl methyl sites for hydroxylation is 3. The van der Waals surface area contributed by atoms with Gasteiger partial charge in [-0.05, 0) is 44.2 Å². The number of fused-ring (bicyclic) bond motifs is 1. The topological polar surface area (TPSA) is 54.9 Å². The molecular formula is C14H14FN3OS. The number of nitrogens with zero attached hydrogens (tertiary/aromatic N) is 2. The molecule has 0 aromatic carbocycles. The summed E-state index contributed by atoms with van der Waals surface area (Å²) in [5, 5.41) is 3.36. The van der Waals surface area contributed by atoms with Crippen LogP contribution < -0.4 is 5.32 Å². The van der Waals surface area contributed by atoms with Crippen molar-refractivity contribution in [2.45, 2.75) is 32.6 Å². The Labute approximate surface area is 120 Å². The Bertz CT molecular complexity index is 645. The van der Waals surface area contributed by atoms with E-state index in [1.165, 1.54) is 28.7 Å². The Balaban J connectivity index is 1.80. The number of carbonyl (C=O) groups excluding carboxylic acids is 1. The predicted molar refractivity (Wildman–Crippen MR) is 75.6 cm³/mol. The zero-order valence-electron chi connectivity index (χ0n) is 11.1. The average molecular weight is 291 g/mol. The van der Waals surface area contributed by atoms with Crippen molar-refractivity contribution in [1.29, 1.82) is 0 Å². The molecule has 0 atom stereocenters. The first-order valence-electron chi connectivity index (χ1n) is 6.55. The second-order valence-corrected chi connectivity index (χ2v) is 5.95. The van der Waals surface area contributed by atoms with Gasteiger partial charge in [-0.15, -0.1) is 11.3 Å². The maximum absolute atomic E-state index is 13.0. The standard InChI is InChI=1S/C14H14FN3OS/c1-8-6-9(15)7-16-12(8)13(19)18-14-17-10-4-2-3-5-11(10)20-14/h6-7H,2-5H2,1H3,(H,17,18,19). The number of hydrogen-bond acceptors (Lipinski definition) is 4. The molecule has 0 saturated heterocycles. The first-order valence-corrected chi connectivity index (χ1v) is 7.37. The van der Waals surface area contributed by atoms with E-state index in [0.717, 1.165) is 31.2 Å². The van der Waals surface area contributed by atoms with Crippen molar-refractivity contribution in [3.05, 3.63) is 39.9 Å². The summed E-state index contributed by atoms with van der Waals surface area (Å²) in [5.41, 5.74) is 1.85. The van der Waals surface area contributed by atoms with Crippen LogP contribution in [-0.4, -0.2) is 15.9 Å². The third-order valence-electron chi connectivity index (χ3n) is 3.33. The van der Waals surface area contributed by atoms with Gasteiger partial charge in [-0.2, -0.15) is 0 Å². The van der Waals surface area contributed by atoms with E-state index in [2.05, 4.69) is 15.3 Å². The van der Waals surface area contributed by atoms with E-state index in [9.17, 15) is 9.18 Å². The lowest BCUT2D eigenvalue weighted by atomic mass is 10.0. The number of carbonyl (C=O) groups is 1. The summed E-state index contributed by atoms with van der Waals surface area (Å²) in [4.78, 5) is 21.7. The molecule has 0 unspecified atom stereocenters. The summed E-state index contributed by atoms with van der Waals surface area (Å²) in [6, 6.07) is 1.30. The van der Waals surface area contributed by atoms with Crippen LogP contribution >= 0.6 is 11.3 Å². The number of nitrogens with one attached hydrogen (secondary N) is 1. The Morgan fingerprint density at radius 3 is 2.95 bits per heavy atom. The van der Waals surface area contributed by atoms with E-state index in [4.69, 9.17) is 0 Å². The van der Waals surface area contributed by atoms with Crippen molar-refractivity contribution in [3.63, 3.8) is 0 Å². The lowest BCUT2D eigenvalue weighted by Crippen LogP contribution is -2.15. The largest absolute Gasteiger partial charge is 0.296 e. The third kappa shape index (κ3) is 2.56. The molecule has 104 valence electrons. The molecular weight excluding hydrogens is 277 g/mol. The molecule has 2 heterocycles. The molecule has 1 N–H and O–H groups in total. The van der Waals surface area contributed by atoms with Gasteiger partial charge in [0.15, 0.2) is 5.13 Å². The monoisotopic (exact) mass is 291 g/mol. The summed E-state index contributed by atoms with van der Waals surface area (Å²) >= 11 is 1.52. The highest BCUT2D eigenvalue weighted by Gasteiger charge is 2.18. The fourth-order valence-electron chi connectivity index (χ4n) is 2.34. The third-order valence-corrected chi connectivity index (χ3v) is 4.40. The summed E-state index contributed by atoms with van der Waals surface area (Å²) in [6.07, 6.45) is 5.41. The van der Waals surface area contributed by atoms with E-state index in [-0.39, 0.29) is 11.6 Å². The van der Waals surface area contributed by atoms with Gasteiger partial charge in [0.05, 0.1) is 11.9 Å². The molecule has 0 saturated carbocycles.